The summed E-state index contributed by atoms with van der Waals surface area (Å²) in [5.41, 5.74) is -0.261. The molecule has 100 valence electrons. The van der Waals surface area contributed by atoms with Gasteiger partial charge in [0.1, 0.15) is 24.0 Å². The molecule has 0 unspecified atom stereocenters. The van der Waals surface area contributed by atoms with Crippen molar-refractivity contribution in [1.82, 2.24) is 4.90 Å². The summed E-state index contributed by atoms with van der Waals surface area (Å²) >= 11 is 0. The summed E-state index contributed by atoms with van der Waals surface area (Å²) in [5.74, 6) is -1.64. The average Bonchev–Trinajstić information content (AvgIpc) is 2.22. The maximum Gasteiger partial charge on any atom is 0.348 e. The fourth-order valence-corrected chi connectivity index (χ4v) is 1.07. The fourth-order valence-electron chi connectivity index (χ4n) is 0.780. The first-order chi connectivity index (χ1) is 8.26. The van der Waals surface area contributed by atoms with Crippen LogP contribution in [0.25, 0.3) is 0 Å². The molecular formula is C10H14N2O5S. The van der Waals surface area contributed by atoms with Crippen LogP contribution in [0, 0.1) is 11.3 Å². The molecule has 0 radical (unpaired) electrons. The van der Waals surface area contributed by atoms with Crippen LogP contribution in [0.4, 0.5) is 0 Å². The monoisotopic (exact) mass is 274 g/mol. The number of carbonyl (C=O) groups excluding carboxylic acids is 1. The minimum absolute atomic E-state index is 0.261. The van der Waals surface area contributed by atoms with Gasteiger partial charge in [0.2, 0.25) is 0 Å². The molecule has 0 aromatic carbocycles. The molecule has 0 amide bonds. The molecule has 0 saturated carbocycles. The third-order valence-electron chi connectivity index (χ3n) is 1.56. The number of nitrogens with zero attached hydrogens (tertiary/aromatic N) is 2. The Morgan fingerprint density at radius 3 is 2.56 bits per heavy atom. The third-order valence-corrected chi connectivity index (χ3v) is 2.24. The molecule has 0 aromatic rings. The van der Waals surface area contributed by atoms with E-state index in [0.717, 1.165) is 0 Å². The highest BCUT2D eigenvalue weighted by Gasteiger charge is 2.11. The van der Waals surface area contributed by atoms with Crippen molar-refractivity contribution in [2.75, 3.05) is 26.5 Å². The largest absolute Gasteiger partial charge is 0.460 e. The Morgan fingerprint density at radius 2 is 2.11 bits per heavy atom. The van der Waals surface area contributed by atoms with Crippen molar-refractivity contribution < 1.29 is 22.5 Å². The Balaban J connectivity index is 4.42. The number of esters is 1. The zero-order chi connectivity index (χ0) is 14.2. The van der Waals surface area contributed by atoms with E-state index in [4.69, 9.17) is 9.81 Å². The standard InChI is InChI=1S/C10H14N2O5S/c1-12(2)5-3-4-9(8-11)10(13)17-6-7-18(14,15)16/h3-5H,6-7H2,1-2H3,(H,14,15,16). The van der Waals surface area contributed by atoms with Crippen LogP contribution in [-0.4, -0.2) is 50.3 Å². The highest BCUT2D eigenvalue weighted by molar-refractivity contribution is 7.85. The number of hydrogen-bond donors (Lipinski definition) is 1. The van der Waals surface area contributed by atoms with Crippen molar-refractivity contribution in [3.63, 3.8) is 0 Å². The number of nitriles is 1. The normalized spacial score (nSPS) is 12.2. The van der Waals surface area contributed by atoms with Crippen LogP contribution in [0.2, 0.25) is 0 Å². The molecule has 1 N–H and O–H groups in total. The van der Waals surface area contributed by atoms with Gasteiger partial charge in [-0.05, 0) is 18.4 Å². The van der Waals surface area contributed by atoms with E-state index in [1.807, 2.05) is 0 Å². The fraction of sp³-hybridized carbons (Fsp3) is 0.400. The quantitative estimate of drug-likeness (QED) is 0.238. The van der Waals surface area contributed by atoms with Crippen LogP contribution in [0.15, 0.2) is 23.9 Å². The predicted octanol–water partition coefficient (Wildman–Crippen LogP) is -0.0573. The molecule has 0 heterocycles. The third kappa shape index (κ3) is 8.32. The van der Waals surface area contributed by atoms with Crippen LogP contribution >= 0.6 is 0 Å². The van der Waals surface area contributed by atoms with Gasteiger partial charge in [-0.2, -0.15) is 13.7 Å². The van der Waals surface area contributed by atoms with E-state index in [1.54, 1.807) is 31.3 Å². The lowest BCUT2D eigenvalue weighted by Gasteiger charge is -2.02. The number of hydrogen-bond acceptors (Lipinski definition) is 6. The zero-order valence-electron chi connectivity index (χ0n) is 10.0. The second kappa shape index (κ2) is 7.47. The van der Waals surface area contributed by atoms with E-state index in [0.29, 0.717) is 0 Å². The molecule has 8 heteroatoms. The van der Waals surface area contributed by atoms with E-state index >= 15 is 0 Å². The van der Waals surface area contributed by atoms with Crippen molar-refractivity contribution in [2.45, 2.75) is 0 Å². The van der Waals surface area contributed by atoms with Crippen LogP contribution in [-0.2, 0) is 19.6 Å². The smallest absolute Gasteiger partial charge is 0.348 e. The number of rotatable bonds is 6. The minimum atomic E-state index is -4.18. The van der Waals surface area contributed by atoms with Crippen LogP contribution in [0.5, 0.6) is 0 Å². The molecule has 0 aromatic heterocycles. The molecule has 18 heavy (non-hydrogen) atoms. The first-order valence-corrected chi connectivity index (χ1v) is 6.44. The van der Waals surface area contributed by atoms with Crippen LogP contribution < -0.4 is 0 Å². The zero-order valence-corrected chi connectivity index (χ0v) is 10.8. The van der Waals surface area contributed by atoms with Crippen molar-refractivity contribution in [3.8, 4) is 6.07 Å². The first-order valence-electron chi connectivity index (χ1n) is 4.83. The van der Waals surface area contributed by atoms with E-state index < -0.39 is 28.4 Å². The van der Waals surface area contributed by atoms with Gasteiger partial charge in [0.25, 0.3) is 10.1 Å². The van der Waals surface area contributed by atoms with Gasteiger partial charge in [0.15, 0.2) is 0 Å². The van der Waals surface area contributed by atoms with Crippen LogP contribution in [0.3, 0.4) is 0 Å². The molecule has 0 saturated heterocycles. The van der Waals surface area contributed by atoms with Gasteiger partial charge in [-0.3, -0.25) is 4.55 Å². The molecule has 0 bridgehead atoms. The lowest BCUT2D eigenvalue weighted by Crippen LogP contribution is -2.15. The Hall–Kier alpha value is -1.85. The summed E-state index contributed by atoms with van der Waals surface area (Å²) in [7, 11) is -0.651. The maximum atomic E-state index is 11.3. The second-order valence-electron chi connectivity index (χ2n) is 3.42. The molecule has 0 aliphatic carbocycles. The van der Waals surface area contributed by atoms with Gasteiger partial charge in [0, 0.05) is 14.1 Å². The van der Waals surface area contributed by atoms with Crippen molar-refractivity contribution in [3.05, 3.63) is 23.9 Å². The Labute approximate surface area is 106 Å². The average molecular weight is 274 g/mol. The number of carbonyl (C=O) groups is 1. The predicted molar refractivity (Wildman–Crippen MR) is 63.9 cm³/mol. The van der Waals surface area contributed by atoms with Crippen LogP contribution in [0.1, 0.15) is 0 Å². The van der Waals surface area contributed by atoms with Gasteiger partial charge in [-0.1, -0.05) is 0 Å². The summed E-state index contributed by atoms with van der Waals surface area (Å²) < 4.78 is 33.7. The summed E-state index contributed by atoms with van der Waals surface area (Å²) in [6.45, 7) is -0.506. The number of allylic oxidation sites excluding steroid dienone is 2. The lowest BCUT2D eigenvalue weighted by molar-refractivity contribution is -0.137. The summed E-state index contributed by atoms with van der Waals surface area (Å²) in [6, 6.07) is 1.63. The molecule has 0 spiro atoms. The van der Waals surface area contributed by atoms with Crippen molar-refractivity contribution in [1.29, 1.82) is 5.26 Å². The highest BCUT2D eigenvalue weighted by Crippen LogP contribution is 1.98. The van der Waals surface area contributed by atoms with Gasteiger partial charge in [0.05, 0.1) is 0 Å². The van der Waals surface area contributed by atoms with Gasteiger partial charge in [-0.15, -0.1) is 0 Å². The van der Waals surface area contributed by atoms with E-state index in [9.17, 15) is 13.2 Å². The SMILES string of the molecule is CN(C)C=CC=C(C#N)C(=O)OCCS(=O)(=O)O. The molecule has 0 fully saturated rings. The summed E-state index contributed by atoms with van der Waals surface area (Å²) in [5, 5.41) is 8.69. The number of ether oxygens (including phenoxy) is 1. The van der Waals surface area contributed by atoms with E-state index in [1.165, 1.54) is 12.2 Å². The second-order valence-corrected chi connectivity index (χ2v) is 4.99. The lowest BCUT2D eigenvalue weighted by atomic mass is 10.3. The first kappa shape index (κ1) is 16.1. The Morgan fingerprint density at radius 1 is 1.50 bits per heavy atom. The Bertz CT molecular complexity index is 485. The van der Waals surface area contributed by atoms with Gasteiger partial charge in [-0.25, -0.2) is 4.79 Å². The highest BCUT2D eigenvalue weighted by atomic mass is 32.2. The Kier molecular flexibility index (Phi) is 6.70. The van der Waals surface area contributed by atoms with Gasteiger partial charge >= 0.3 is 5.97 Å². The van der Waals surface area contributed by atoms with Gasteiger partial charge < -0.3 is 9.64 Å². The van der Waals surface area contributed by atoms with Crippen molar-refractivity contribution >= 4 is 16.1 Å². The van der Waals surface area contributed by atoms with E-state index in [2.05, 4.69) is 4.74 Å². The molecular weight excluding hydrogens is 260 g/mol. The molecule has 0 aliphatic heterocycles. The molecule has 0 aliphatic rings. The summed E-state index contributed by atoms with van der Waals surface area (Å²) in [6.07, 6.45) is 4.33. The van der Waals surface area contributed by atoms with Crippen molar-refractivity contribution in [2.24, 2.45) is 0 Å². The molecule has 7 nitrogen and oxygen atoms in total. The maximum absolute atomic E-state index is 11.3. The van der Waals surface area contributed by atoms with E-state index in [-0.39, 0.29) is 5.57 Å². The summed E-state index contributed by atoms with van der Waals surface area (Å²) in [4.78, 5) is 13.0. The topological polar surface area (TPSA) is 108 Å². The minimum Gasteiger partial charge on any atom is -0.460 e. The molecule has 0 rings (SSSR count). The molecule has 0 atom stereocenters.